The van der Waals surface area contributed by atoms with Crippen molar-refractivity contribution in [1.29, 1.82) is 0 Å². The van der Waals surface area contributed by atoms with Gasteiger partial charge in [0.1, 0.15) is 5.82 Å². The Bertz CT molecular complexity index is 521. The molecular formula is C13H21FN2O2S. The Morgan fingerprint density at radius 1 is 1.32 bits per heavy atom. The van der Waals surface area contributed by atoms with Crippen LogP contribution in [0.2, 0.25) is 0 Å². The van der Waals surface area contributed by atoms with E-state index in [2.05, 4.69) is 4.72 Å². The van der Waals surface area contributed by atoms with Gasteiger partial charge in [0.15, 0.2) is 0 Å². The Hall–Kier alpha value is -0.980. The van der Waals surface area contributed by atoms with Gasteiger partial charge in [0, 0.05) is 12.6 Å². The molecule has 1 rings (SSSR count). The lowest BCUT2D eigenvalue weighted by Crippen LogP contribution is -2.31. The number of halogens is 1. The second-order valence-corrected chi connectivity index (χ2v) is 6.43. The van der Waals surface area contributed by atoms with Crippen LogP contribution in [0.1, 0.15) is 30.9 Å². The highest BCUT2D eigenvalue weighted by atomic mass is 32.2. The molecule has 0 spiro atoms. The number of hydrogen-bond acceptors (Lipinski definition) is 3. The molecule has 0 saturated heterocycles. The van der Waals surface area contributed by atoms with Crippen molar-refractivity contribution < 1.29 is 12.8 Å². The van der Waals surface area contributed by atoms with Crippen LogP contribution >= 0.6 is 0 Å². The molecule has 19 heavy (non-hydrogen) atoms. The SMILES string of the molecule is CCC(N)CCNS(=O)(=O)c1c(C)cc(F)cc1C. The molecule has 6 heteroatoms. The van der Waals surface area contributed by atoms with E-state index >= 15 is 0 Å². The molecular weight excluding hydrogens is 267 g/mol. The first-order chi connectivity index (χ1) is 8.77. The van der Waals surface area contributed by atoms with Crippen LogP contribution in [-0.4, -0.2) is 21.0 Å². The van der Waals surface area contributed by atoms with Crippen molar-refractivity contribution in [3.63, 3.8) is 0 Å². The summed E-state index contributed by atoms with van der Waals surface area (Å²) in [6, 6.07) is 2.43. The largest absolute Gasteiger partial charge is 0.328 e. The van der Waals surface area contributed by atoms with Gasteiger partial charge in [-0.3, -0.25) is 0 Å². The van der Waals surface area contributed by atoms with Crippen molar-refractivity contribution in [3.8, 4) is 0 Å². The van der Waals surface area contributed by atoms with E-state index in [0.717, 1.165) is 6.42 Å². The third-order valence-electron chi connectivity index (χ3n) is 3.03. The third kappa shape index (κ3) is 4.26. The van der Waals surface area contributed by atoms with E-state index in [1.807, 2.05) is 6.92 Å². The second-order valence-electron chi connectivity index (χ2n) is 4.72. The maximum atomic E-state index is 13.2. The molecule has 0 amide bonds. The number of benzene rings is 1. The molecule has 0 bridgehead atoms. The zero-order valence-electron chi connectivity index (χ0n) is 11.5. The Balaban J connectivity index is 2.89. The lowest BCUT2D eigenvalue weighted by Gasteiger charge is -2.13. The van der Waals surface area contributed by atoms with Crippen molar-refractivity contribution in [2.24, 2.45) is 5.73 Å². The molecule has 108 valence electrons. The molecule has 1 atom stereocenters. The summed E-state index contributed by atoms with van der Waals surface area (Å²) in [5.41, 5.74) is 6.55. The smallest absolute Gasteiger partial charge is 0.241 e. The molecule has 0 aliphatic rings. The van der Waals surface area contributed by atoms with Gasteiger partial charge < -0.3 is 5.73 Å². The minimum atomic E-state index is -3.61. The summed E-state index contributed by atoms with van der Waals surface area (Å²) >= 11 is 0. The molecule has 1 aromatic rings. The van der Waals surface area contributed by atoms with Gasteiger partial charge in [-0.05, 0) is 49.9 Å². The van der Waals surface area contributed by atoms with E-state index < -0.39 is 15.8 Å². The molecule has 0 aliphatic carbocycles. The molecule has 1 unspecified atom stereocenters. The van der Waals surface area contributed by atoms with Crippen molar-refractivity contribution in [2.45, 2.75) is 44.6 Å². The summed E-state index contributed by atoms with van der Waals surface area (Å²) in [6.45, 7) is 5.41. The van der Waals surface area contributed by atoms with E-state index in [-0.39, 0.29) is 17.5 Å². The first kappa shape index (κ1) is 16.1. The zero-order valence-corrected chi connectivity index (χ0v) is 12.3. The highest BCUT2D eigenvalue weighted by molar-refractivity contribution is 7.89. The molecule has 0 aliphatic heterocycles. The highest BCUT2D eigenvalue weighted by Gasteiger charge is 2.20. The summed E-state index contributed by atoms with van der Waals surface area (Å²) in [7, 11) is -3.61. The van der Waals surface area contributed by atoms with Gasteiger partial charge in [0.2, 0.25) is 10.0 Å². The first-order valence-corrected chi connectivity index (χ1v) is 7.78. The maximum absolute atomic E-state index is 13.2. The topological polar surface area (TPSA) is 72.2 Å². The minimum Gasteiger partial charge on any atom is -0.328 e. The monoisotopic (exact) mass is 288 g/mol. The fourth-order valence-corrected chi connectivity index (χ4v) is 3.47. The van der Waals surface area contributed by atoms with E-state index in [4.69, 9.17) is 5.73 Å². The molecule has 1 aromatic carbocycles. The first-order valence-electron chi connectivity index (χ1n) is 6.30. The van der Waals surface area contributed by atoms with Crippen molar-refractivity contribution in [1.82, 2.24) is 4.72 Å². The van der Waals surface area contributed by atoms with Crippen LogP contribution in [-0.2, 0) is 10.0 Å². The average molecular weight is 288 g/mol. The molecule has 0 fully saturated rings. The Labute approximate surface area is 114 Å². The van der Waals surface area contributed by atoms with Crippen molar-refractivity contribution in [2.75, 3.05) is 6.54 Å². The van der Waals surface area contributed by atoms with E-state index in [0.29, 0.717) is 17.5 Å². The molecule has 0 heterocycles. The fourth-order valence-electron chi connectivity index (χ4n) is 1.98. The minimum absolute atomic E-state index is 0.0156. The molecule has 3 N–H and O–H groups in total. The van der Waals surface area contributed by atoms with E-state index in [9.17, 15) is 12.8 Å². The highest BCUT2D eigenvalue weighted by Crippen LogP contribution is 2.21. The van der Waals surface area contributed by atoms with Crippen molar-refractivity contribution in [3.05, 3.63) is 29.1 Å². The van der Waals surface area contributed by atoms with Crippen LogP contribution in [0, 0.1) is 19.7 Å². The lowest BCUT2D eigenvalue weighted by atomic mass is 10.1. The molecule has 0 saturated carbocycles. The average Bonchev–Trinajstić information content (AvgIpc) is 2.26. The Morgan fingerprint density at radius 2 is 1.84 bits per heavy atom. The second kappa shape index (κ2) is 6.45. The molecule has 0 aromatic heterocycles. The van der Waals surface area contributed by atoms with Crippen LogP contribution in [0.5, 0.6) is 0 Å². The van der Waals surface area contributed by atoms with E-state index in [1.165, 1.54) is 12.1 Å². The normalized spacial score (nSPS) is 13.5. The van der Waals surface area contributed by atoms with Gasteiger partial charge in [0.05, 0.1) is 4.90 Å². The van der Waals surface area contributed by atoms with E-state index in [1.54, 1.807) is 13.8 Å². The summed E-state index contributed by atoms with van der Waals surface area (Å²) in [4.78, 5) is 0.152. The number of hydrogen-bond donors (Lipinski definition) is 2. The van der Waals surface area contributed by atoms with Gasteiger partial charge in [-0.15, -0.1) is 0 Å². The van der Waals surface area contributed by atoms with Gasteiger partial charge >= 0.3 is 0 Å². The number of nitrogens with one attached hydrogen (secondary N) is 1. The van der Waals surface area contributed by atoms with Crippen LogP contribution in [0.3, 0.4) is 0 Å². The number of nitrogens with two attached hydrogens (primary N) is 1. The molecule has 4 nitrogen and oxygen atoms in total. The number of sulfonamides is 1. The predicted molar refractivity (Wildman–Crippen MR) is 73.9 cm³/mol. The summed E-state index contributed by atoms with van der Waals surface area (Å²) in [6.07, 6.45) is 1.38. The van der Waals surface area contributed by atoms with Crippen LogP contribution in [0.15, 0.2) is 17.0 Å². The Morgan fingerprint density at radius 3 is 2.32 bits per heavy atom. The molecule has 0 radical (unpaired) electrons. The van der Waals surface area contributed by atoms with Crippen LogP contribution in [0.4, 0.5) is 4.39 Å². The maximum Gasteiger partial charge on any atom is 0.241 e. The van der Waals surface area contributed by atoms with Gasteiger partial charge in [-0.2, -0.15) is 0 Å². The summed E-state index contributed by atoms with van der Waals surface area (Å²) in [5.74, 6) is -0.429. The lowest BCUT2D eigenvalue weighted by molar-refractivity contribution is 0.556. The fraction of sp³-hybridized carbons (Fsp3) is 0.538. The zero-order chi connectivity index (χ0) is 14.6. The van der Waals surface area contributed by atoms with Crippen molar-refractivity contribution >= 4 is 10.0 Å². The van der Waals surface area contributed by atoms with Crippen LogP contribution in [0.25, 0.3) is 0 Å². The number of rotatable bonds is 6. The Kier molecular flexibility index (Phi) is 5.46. The van der Waals surface area contributed by atoms with Gasteiger partial charge in [0.25, 0.3) is 0 Å². The van der Waals surface area contributed by atoms with Gasteiger partial charge in [-0.1, -0.05) is 6.92 Å². The third-order valence-corrected chi connectivity index (χ3v) is 4.79. The summed E-state index contributed by atoms with van der Waals surface area (Å²) in [5, 5.41) is 0. The quantitative estimate of drug-likeness (QED) is 0.839. The van der Waals surface area contributed by atoms with Gasteiger partial charge in [-0.25, -0.2) is 17.5 Å². The summed E-state index contributed by atoms with van der Waals surface area (Å²) < 4.78 is 40.0. The standard InChI is InChI=1S/C13H21FN2O2S/c1-4-12(15)5-6-16-19(17,18)13-9(2)7-11(14)8-10(13)3/h7-8,12,16H,4-6,15H2,1-3H3. The van der Waals surface area contributed by atoms with Crippen LogP contribution < -0.4 is 10.5 Å². The number of aryl methyl sites for hydroxylation is 2. The predicted octanol–water partition coefficient (Wildman–Crippen LogP) is 1.85.